The molecule has 2 N–H and O–H groups in total. The maximum absolute atomic E-state index is 11.5. The molecule has 0 aromatic carbocycles. The number of hydrogen-bond acceptors (Lipinski definition) is 3. The molecule has 1 aromatic heterocycles. The summed E-state index contributed by atoms with van der Waals surface area (Å²) in [5, 5.41) is 12.5. The third-order valence-electron chi connectivity index (χ3n) is 2.82. The molecule has 0 aliphatic heterocycles. The van der Waals surface area contributed by atoms with Crippen molar-refractivity contribution in [1.29, 1.82) is 0 Å². The molecule has 1 amide bonds. The zero-order valence-electron chi connectivity index (χ0n) is 10.4. The van der Waals surface area contributed by atoms with Crippen LogP contribution in [0.5, 0.6) is 0 Å². The minimum absolute atomic E-state index is 0.0319. The van der Waals surface area contributed by atoms with Gasteiger partial charge in [0.2, 0.25) is 5.91 Å². The first kappa shape index (κ1) is 13.6. The Morgan fingerprint density at radius 3 is 2.71 bits per heavy atom. The fourth-order valence-corrected chi connectivity index (χ4v) is 1.31. The van der Waals surface area contributed by atoms with Crippen molar-refractivity contribution in [3.05, 3.63) is 30.1 Å². The van der Waals surface area contributed by atoms with E-state index in [1.165, 1.54) is 0 Å². The van der Waals surface area contributed by atoms with E-state index in [4.69, 9.17) is 0 Å². The number of aromatic nitrogens is 1. The van der Waals surface area contributed by atoms with E-state index in [2.05, 4.69) is 10.3 Å². The van der Waals surface area contributed by atoms with Crippen LogP contribution in [-0.2, 0) is 11.2 Å². The third-order valence-corrected chi connectivity index (χ3v) is 2.82. The van der Waals surface area contributed by atoms with E-state index in [9.17, 15) is 9.90 Å². The van der Waals surface area contributed by atoms with E-state index in [0.29, 0.717) is 25.8 Å². The van der Waals surface area contributed by atoms with Gasteiger partial charge in [0.05, 0.1) is 5.60 Å². The molecule has 0 radical (unpaired) electrons. The monoisotopic (exact) mass is 236 g/mol. The Balaban J connectivity index is 2.27. The van der Waals surface area contributed by atoms with E-state index < -0.39 is 5.60 Å². The van der Waals surface area contributed by atoms with Crippen LogP contribution in [0, 0.1) is 0 Å². The molecule has 0 bridgehead atoms. The molecule has 0 aliphatic carbocycles. The fourth-order valence-electron chi connectivity index (χ4n) is 1.31. The van der Waals surface area contributed by atoms with Crippen molar-refractivity contribution in [2.24, 2.45) is 0 Å². The number of carbonyl (C=O) groups excluding carboxylic acids is 1. The van der Waals surface area contributed by atoms with Crippen molar-refractivity contribution in [3.63, 3.8) is 0 Å². The zero-order chi connectivity index (χ0) is 12.7. The van der Waals surface area contributed by atoms with Crippen molar-refractivity contribution in [1.82, 2.24) is 10.3 Å². The zero-order valence-corrected chi connectivity index (χ0v) is 10.4. The molecule has 0 saturated carbocycles. The van der Waals surface area contributed by atoms with Gasteiger partial charge < -0.3 is 10.4 Å². The number of rotatable bonds is 6. The molecule has 1 unspecified atom stereocenters. The van der Waals surface area contributed by atoms with Gasteiger partial charge in [-0.25, -0.2) is 0 Å². The minimum atomic E-state index is -0.813. The Kier molecular flexibility index (Phi) is 5.10. The second-order valence-corrected chi connectivity index (χ2v) is 4.48. The maximum atomic E-state index is 11.5. The first-order valence-corrected chi connectivity index (χ1v) is 5.91. The van der Waals surface area contributed by atoms with Crippen molar-refractivity contribution in [3.8, 4) is 0 Å². The molecule has 1 aromatic rings. The van der Waals surface area contributed by atoms with Gasteiger partial charge in [-0.05, 0) is 37.5 Å². The largest absolute Gasteiger partial charge is 0.388 e. The molecule has 0 fully saturated rings. The summed E-state index contributed by atoms with van der Waals surface area (Å²) in [6.45, 7) is 3.91. The molecule has 4 nitrogen and oxygen atoms in total. The fraction of sp³-hybridized carbons (Fsp3) is 0.538. The highest BCUT2D eigenvalue weighted by molar-refractivity contribution is 5.76. The van der Waals surface area contributed by atoms with Gasteiger partial charge >= 0.3 is 0 Å². The first-order chi connectivity index (χ1) is 8.03. The van der Waals surface area contributed by atoms with Crippen molar-refractivity contribution >= 4 is 5.91 Å². The van der Waals surface area contributed by atoms with Gasteiger partial charge in [0.25, 0.3) is 0 Å². The Hall–Kier alpha value is -1.42. The molecular formula is C13H20N2O2. The maximum Gasteiger partial charge on any atom is 0.220 e. The molecule has 94 valence electrons. The summed E-state index contributed by atoms with van der Waals surface area (Å²) in [7, 11) is 0. The van der Waals surface area contributed by atoms with Crippen molar-refractivity contribution in [2.45, 2.75) is 38.7 Å². The Morgan fingerprint density at radius 1 is 1.47 bits per heavy atom. The number of hydrogen-bond donors (Lipinski definition) is 2. The molecule has 1 heterocycles. The van der Waals surface area contributed by atoms with Crippen LogP contribution in [-0.4, -0.2) is 28.1 Å². The summed E-state index contributed by atoms with van der Waals surface area (Å²) in [4.78, 5) is 15.5. The Bertz CT molecular complexity index is 350. The Labute approximate surface area is 102 Å². The predicted octanol–water partition coefficient (Wildman–Crippen LogP) is 1.29. The lowest BCUT2D eigenvalue weighted by atomic mass is 10.0. The van der Waals surface area contributed by atoms with Gasteiger partial charge in [0.15, 0.2) is 0 Å². The summed E-state index contributed by atoms with van der Waals surface area (Å²) in [6, 6.07) is 3.80. The lowest BCUT2D eigenvalue weighted by molar-refractivity contribution is -0.122. The van der Waals surface area contributed by atoms with E-state index in [0.717, 1.165) is 5.56 Å². The van der Waals surface area contributed by atoms with Crippen LogP contribution < -0.4 is 5.32 Å². The second-order valence-electron chi connectivity index (χ2n) is 4.48. The summed E-state index contributed by atoms with van der Waals surface area (Å²) in [6.07, 6.45) is 5.19. The van der Waals surface area contributed by atoms with Gasteiger partial charge in [0.1, 0.15) is 0 Å². The number of nitrogens with zero attached hydrogens (tertiary/aromatic N) is 1. The van der Waals surface area contributed by atoms with Crippen LogP contribution in [0.25, 0.3) is 0 Å². The minimum Gasteiger partial charge on any atom is -0.388 e. The quantitative estimate of drug-likeness (QED) is 0.782. The normalized spacial score (nSPS) is 14.1. The Morgan fingerprint density at radius 2 is 2.12 bits per heavy atom. The highest BCUT2D eigenvalue weighted by atomic mass is 16.3. The molecule has 1 rings (SSSR count). The van der Waals surface area contributed by atoms with Crippen LogP contribution in [0.3, 0.4) is 0 Å². The average Bonchev–Trinajstić information content (AvgIpc) is 2.35. The highest BCUT2D eigenvalue weighted by Crippen LogP contribution is 2.06. The van der Waals surface area contributed by atoms with Crippen molar-refractivity contribution < 1.29 is 9.90 Å². The van der Waals surface area contributed by atoms with Crippen LogP contribution in [0.15, 0.2) is 24.5 Å². The standard InChI is InChI=1S/C13H20N2O2/c1-3-13(2,17)10-15-12(16)5-4-11-6-8-14-9-7-11/h6-9,17H,3-5,10H2,1-2H3,(H,15,16). The van der Waals surface area contributed by atoms with Gasteiger partial charge in [-0.3, -0.25) is 9.78 Å². The van der Waals surface area contributed by atoms with E-state index >= 15 is 0 Å². The number of aryl methyl sites for hydroxylation is 1. The highest BCUT2D eigenvalue weighted by Gasteiger charge is 2.17. The molecular weight excluding hydrogens is 216 g/mol. The lowest BCUT2D eigenvalue weighted by Gasteiger charge is -2.21. The summed E-state index contributed by atoms with van der Waals surface area (Å²) in [5.74, 6) is -0.0319. The second kappa shape index (κ2) is 6.35. The predicted molar refractivity (Wildman–Crippen MR) is 66.5 cm³/mol. The lowest BCUT2D eigenvalue weighted by Crippen LogP contribution is -2.40. The molecule has 0 saturated heterocycles. The van der Waals surface area contributed by atoms with E-state index in [1.807, 2.05) is 19.1 Å². The summed E-state index contributed by atoms with van der Waals surface area (Å²) >= 11 is 0. The third kappa shape index (κ3) is 5.45. The number of carbonyl (C=O) groups is 1. The summed E-state index contributed by atoms with van der Waals surface area (Å²) in [5.41, 5.74) is 0.282. The van der Waals surface area contributed by atoms with Gasteiger partial charge in [-0.15, -0.1) is 0 Å². The van der Waals surface area contributed by atoms with Crippen LogP contribution >= 0.6 is 0 Å². The van der Waals surface area contributed by atoms with Crippen LogP contribution in [0.4, 0.5) is 0 Å². The van der Waals surface area contributed by atoms with Gasteiger partial charge in [-0.1, -0.05) is 6.92 Å². The van der Waals surface area contributed by atoms with Gasteiger partial charge in [-0.2, -0.15) is 0 Å². The van der Waals surface area contributed by atoms with Crippen molar-refractivity contribution in [2.75, 3.05) is 6.54 Å². The summed E-state index contributed by atoms with van der Waals surface area (Å²) < 4.78 is 0. The number of aliphatic hydroxyl groups is 1. The van der Waals surface area contributed by atoms with E-state index in [1.54, 1.807) is 19.3 Å². The van der Waals surface area contributed by atoms with Gasteiger partial charge in [0, 0.05) is 25.4 Å². The molecule has 0 spiro atoms. The van der Waals surface area contributed by atoms with Crippen LogP contribution in [0.1, 0.15) is 32.3 Å². The number of amides is 1. The number of pyridine rings is 1. The smallest absolute Gasteiger partial charge is 0.220 e. The van der Waals surface area contributed by atoms with E-state index in [-0.39, 0.29) is 5.91 Å². The topological polar surface area (TPSA) is 62.2 Å². The molecule has 17 heavy (non-hydrogen) atoms. The first-order valence-electron chi connectivity index (χ1n) is 5.91. The SMILES string of the molecule is CCC(C)(O)CNC(=O)CCc1ccncc1. The molecule has 0 aliphatic rings. The number of nitrogens with one attached hydrogen (secondary N) is 1. The molecule has 4 heteroatoms. The average molecular weight is 236 g/mol. The molecule has 1 atom stereocenters. The van der Waals surface area contributed by atoms with Crippen LogP contribution in [0.2, 0.25) is 0 Å².